The summed E-state index contributed by atoms with van der Waals surface area (Å²) >= 11 is 1.78. The number of nitrogens with zero attached hydrogens (tertiary/aromatic N) is 3. The van der Waals surface area contributed by atoms with Crippen molar-refractivity contribution in [1.29, 1.82) is 0 Å². The molecule has 5 heteroatoms. The Hall–Kier alpha value is -3.24. The first kappa shape index (κ1) is 22.9. The van der Waals surface area contributed by atoms with Crippen molar-refractivity contribution < 1.29 is 20.1 Å². The summed E-state index contributed by atoms with van der Waals surface area (Å²) in [4.78, 5) is 13.0. The average Bonchev–Trinajstić information content (AvgIpc) is 3.24. The van der Waals surface area contributed by atoms with Crippen LogP contribution in [0.1, 0.15) is 5.56 Å². The largest absolute Gasteiger partial charge is 0.360 e. The molecule has 0 spiro atoms. The van der Waals surface area contributed by atoms with E-state index in [-0.39, 0.29) is 20.1 Å². The third-order valence-electron chi connectivity index (χ3n) is 5.04. The molecule has 0 saturated heterocycles. The molecule has 0 fully saturated rings. The van der Waals surface area contributed by atoms with Crippen LogP contribution in [0, 0.1) is 19.1 Å². The number of hydrogen-bond acceptors (Lipinski definition) is 4. The van der Waals surface area contributed by atoms with Crippen LogP contribution in [-0.2, 0) is 20.1 Å². The van der Waals surface area contributed by atoms with Crippen LogP contribution in [0.15, 0.2) is 97.6 Å². The second-order valence-corrected chi connectivity index (χ2v) is 8.40. The van der Waals surface area contributed by atoms with Crippen LogP contribution in [0.3, 0.4) is 0 Å². The van der Waals surface area contributed by atoms with Gasteiger partial charge in [-0.15, -0.1) is 64.9 Å². The molecule has 0 aliphatic heterocycles. The molecule has 6 rings (SSSR count). The minimum Gasteiger partial charge on any atom is -0.360 e. The van der Waals surface area contributed by atoms with Crippen LogP contribution in [0.2, 0.25) is 0 Å². The summed E-state index contributed by atoms with van der Waals surface area (Å²) in [5.41, 5.74) is 5.05. The maximum Gasteiger partial charge on any atom is 0.0521 e. The van der Waals surface area contributed by atoms with Gasteiger partial charge >= 0.3 is 0 Å². The molecule has 0 aliphatic rings. The topological polar surface area (TPSA) is 38.7 Å². The Morgan fingerprint density at radius 3 is 2.27 bits per heavy atom. The van der Waals surface area contributed by atoms with E-state index in [1.54, 1.807) is 23.7 Å². The van der Waals surface area contributed by atoms with Crippen LogP contribution in [0.25, 0.3) is 42.7 Å². The standard InChI is InChI=1S/C16H9N2S.C12H10N.Ir/c1-2-6-15-12(5-1)13-8-14(18-10-16(13)19-15)11-4-3-7-17-9-11;1-10-7-8-12(13-9-10)11-5-3-2-4-6-11;/h1-3,5-10H;2-5,7-9H,1H3;/q2*-1;. The van der Waals surface area contributed by atoms with E-state index in [1.165, 1.54) is 25.7 Å². The number of fused-ring (bicyclic) bond motifs is 3. The van der Waals surface area contributed by atoms with Gasteiger partial charge < -0.3 is 15.0 Å². The van der Waals surface area contributed by atoms with Crippen LogP contribution in [0.5, 0.6) is 0 Å². The molecule has 2 aromatic carbocycles. The van der Waals surface area contributed by atoms with E-state index < -0.39 is 0 Å². The van der Waals surface area contributed by atoms with Crippen LogP contribution >= 0.6 is 11.3 Å². The first-order valence-electron chi connectivity index (χ1n) is 10.3. The molecule has 4 heterocycles. The number of benzene rings is 2. The monoisotopic (exact) mass is 622 g/mol. The first-order valence-corrected chi connectivity index (χ1v) is 11.1. The zero-order valence-electron chi connectivity index (χ0n) is 17.8. The number of rotatable bonds is 2. The van der Waals surface area contributed by atoms with Gasteiger partial charge in [-0.25, -0.2) is 0 Å². The van der Waals surface area contributed by atoms with Gasteiger partial charge in [0, 0.05) is 37.2 Å². The Kier molecular flexibility index (Phi) is 7.36. The second-order valence-electron chi connectivity index (χ2n) is 7.31. The zero-order chi connectivity index (χ0) is 21.8. The average molecular weight is 622 g/mol. The summed E-state index contributed by atoms with van der Waals surface area (Å²) in [6.45, 7) is 2.03. The van der Waals surface area contributed by atoms with E-state index in [0.717, 1.165) is 22.5 Å². The second kappa shape index (κ2) is 10.6. The normalized spacial score (nSPS) is 10.3. The van der Waals surface area contributed by atoms with Crippen LogP contribution in [-0.4, -0.2) is 15.0 Å². The molecular formula is C28H19IrN3S-2. The molecule has 0 aliphatic carbocycles. The summed E-state index contributed by atoms with van der Waals surface area (Å²) in [5, 5.41) is 2.54. The molecule has 0 saturated carbocycles. The van der Waals surface area contributed by atoms with Gasteiger partial charge in [0.05, 0.1) is 4.70 Å². The molecule has 1 radical (unpaired) electrons. The molecule has 0 N–H and O–H groups in total. The third kappa shape index (κ3) is 5.23. The van der Waals surface area contributed by atoms with Gasteiger partial charge in [0.15, 0.2) is 0 Å². The molecule has 3 nitrogen and oxygen atoms in total. The van der Waals surface area contributed by atoms with Gasteiger partial charge in [0.2, 0.25) is 0 Å². The Morgan fingerprint density at radius 2 is 1.52 bits per heavy atom. The maximum absolute atomic E-state index is 4.51. The van der Waals surface area contributed by atoms with Crippen molar-refractivity contribution in [3.8, 4) is 22.5 Å². The molecular weight excluding hydrogens is 603 g/mol. The fourth-order valence-electron chi connectivity index (χ4n) is 3.42. The number of aromatic nitrogens is 3. The summed E-state index contributed by atoms with van der Waals surface area (Å²) < 4.78 is 2.51. The van der Waals surface area contributed by atoms with E-state index in [9.17, 15) is 0 Å². The van der Waals surface area contributed by atoms with Crippen molar-refractivity contribution in [3.63, 3.8) is 0 Å². The van der Waals surface area contributed by atoms with E-state index in [1.807, 2.05) is 55.7 Å². The summed E-state index contributed by atoms with van der Waals surface area (Å²) in [7, 11) is 0. The number of pyridine rings is 3. The smallest absolute Gasteiger partial charge is 0.0521 e. The quantitative estimate of drug-likeness (QED) is 0.193. The fraction of sp³-hybridized carbons (Fsp3) is 0.0357. The van der Waals surface area contributed by atoms with Gasteiger partial charge in [-0.3, -0.25) is 0 Å². The van der Waals surface area contributed by atoms with Gasteiger partial charge in [-0.1, -0.05) is 48.8 Å². The Morgan fingerprint density at radius 1 is 0.697 bits per heavy atom. The molecule has 0 unspecified atom stereocenters. The predicted molar refractivity (Wildman–Crippen MR) is 132 cm³/mol. The number of thiophene rings is 1. The fourth-order valence-corrected chi connectivity index (χ4v) is 4.48. The Bertz CT molecular complexity index is 1460. The van der Waals surface area contributed by atoms with E-state index in [0.29, 0.717) is 0 Å². The minimum atomic E-state index is 0. The van der Waals surface area contributed by atoms with Crippen molar-refractivity contribution >= 4 is 31.5 Å². The van der Waals surface area contributed by atoms with E-state index >= 15 is 0 Å². The van der Waals surface area contributed by atoms with Crippen molar-refractivity contribution in [2.24, 2.45) is 0 Å². The van der Waals surface area contributed by atoms with Crippen molar-refractivity contribution in [1.82, 2.24) is 15.0 Å². The van der Waals surface area contributed by atoms with Gasteiger partial charge in [-0.05, 0) is 40.7 Å². The number of hydrogen-bond donors (Lipinski definition) is 0. The molecule has 4 aromatic heterocycles. The Balaban J connectivity index is 0.000000164. The molecule has 0 amide bonds. The number of aryl methyl sites for hydroxylation is 1. The maximum atomic E-state index is 4.51. The first-order chi connectivity index (χ1) is 15.8. The summed E-state index contributed by atoms with van der Waals surface area (Å²) in [6, 6.07) is 30.6. The SMILES string of the molecule is Cc1ccc(-c2[c-]cccc2)nc1.[Ir].[c-]1ccncc1-c1cc2c(cn1)sc1ccccc12. The van der Waals surface area contributed by atoms with Crippen LogP contribution in [0.4, 0.5) is 0 Å². The van der Waals surface area contributed by atoms with Gasteiger partial charge in [-0.2, -0.15) is 0 Å². The van der Waals surface area contributed by atoms with E-state index in [2.05, 4.69) is 63.5 Å². The third-order valence-corrected chi connectivity index (χ3v) is 6.16. The van der Waals surface area contributed by atoms with Crippen molar-refractivity contribution in [3.05, 3.63) is 115 Å². The predicted octanol–water partition coefficient (Wildman–Crippen LogP) is 7.17. The van der Waals surface area contributed by atoms with Crippen molar-refractivity contribution in [2.75, 3.05) is 0 Å². The summed E-state index contributed by atoms with van der Waals surface area (Å²) in [6.07, 6.45) is 7.33. The van der Waals surface area contributed by atoms with Gasteiger partial charge in [0.1, 0.15) is 0 Å². The molecule has 0 atom stereocenters. The minimum absolute atomic E-state index is 0. The van der Waals surface area contributed by atoms with Crippen molar-refractivity contribution in [2.45, 2.75) is 6.92 Å². The summed E-state index contributed by atoms with van der Waals surface area (Å²) in [5.74, 6) is 0. The van der Waals surface area contributed by atoms with E-state index in [4.69, 9.17) is 0 Å². The molecule has 33 heavy (non-hydrogen) atoms. The molecule has 6 aromatic rings. The van der Waals surface area contributed by atoms with Crippen LogP contribution < -0.4 is 0 Å². The molecule has 0 bridgehead atoms. The Labute approximate surface area is 210 Å². The zero-order valence-corrected chi connectivity index (χ0v) is 21.0. The van der Waals surface area contributed by atoms with Gasteiger partial charge in [0.25, 0.3) is 0 Å². The molecule has 163 valence electrons.